The Kier molecular flexibility index (Phi) is 8.36. The molecule has 0 unspecified atom stereocenters. The molecule has 0 spiro atoms. The van der Waals surface area contributed by atoms with Crippen molar-refractivity contribution >= 4 is 17.6 Å². The van der Waals surface area contributed by atoms with E-state index >= 15 is 0 Å². The molecule has 0 aliphatic carbocycles. The van der Waals surface area contributed by atoms with Crippen molar-refractivity contribution < 1.29 is 14.3 Å². The van der Waals surface area contributed by atoms with Crippen LogP contribution in [0.3, 0.4) is 0 Å². The van der Waals surface area contributed by atoms with Gasteiger partial charge >= 0.3 is 0 Å². The summed E-state index contributed by atoms with van der Waals surface area (Å²) in [6.07, 6.45) is 1.69. The summed E-state index contributed by atoms with van der Waals surface area (Å²) >= 11 is 0. The van der Waals surface area contributed by atoms with E-state index in [1.807, 2.05) is 73.7 Å². The molecule has 4 rings (SSSR count). The van der Waals surface area contributed by atoms with Crippen LogP contribution in [-0.2, 0) is 4.79 Å². The third-order valence-electron chi connectivity index (χ3n) is 6.07. The fourth-order valence-electron chi connectivity index (χ4n) is 4.05. The van der Waals surface area contributed by atoms with Gasteiger partial charge in [-0.1, -0.05) is 73.5 Å². The molecule has 1 aromatic heterocycles. The van der Waals surface area contributed by atoms with Gasteiger partial charge < -0.3 is 15.0 Å². The van der Waals surface area contributed by atoms with Crippen molar-refractivity contribution in [2.75, 3.05) is 25.5 Å². The Morgan fingerprint density at radius 1 is 0.973 bits per heavy atom. The molecule has 7 nitrogen and oxygen atoms in total. The van der Waals surface area contributed by atoms with E-state index in [2.05, 4.69) is 12.2 Å². The fraction of sp³-hybridized carbons (Fsp3) is 0.233. The molecule has 0 radical (unpaired) electrons. The number of ether oxygens (including phenoxy) is 1. The van der Waals surface area contributed by atoms with Crippen molar-refractivity contribution in [2.24, 2.45) is 0 Å². The number of hydrogen-bond donors (Lipinski definition) is 1. The Bertz CT molecular complexity index is 1350. The first-order valence-electron chi connectivity index (χ1n) is 12.4. The highest BCUT2D eigenvalue weighted by molar-refractivity contribution is 6.01. The Balaban J connectivity index is 1.61. The van der Waals surface area contributed by atoms with Gasteiger partial charge in [0.05, 0.1) is 24.1 Å². The van der Waals surface area contributed by atoms with Crippen LogP contribution in [0, 0.1) is 6.92 Å². The van der Waals surface area contributed by atoms with Crippen LogP contribution in [-0.4, -0.2) is 46.7 Å². The van der Waals surface area contributed by atoms with Gasteiger partial charge in [-0.05, 0) is 37.6 Å². The highest BCUT2D eigenvalue weighted by Gasteiger charge is 2.22. The van der Waals surface area contributed by atoms with Crippen LogP contribution in [0.15, 0.2) is 84.9 Å². The zero-order valence-electron chi connectivity index (χ0n) is 21.5. The van der Waals surface area contributed by atoms with E-state index < -0.39 is 0 Å². The molecule has 2 amide bonds. The van der Waals surface area contributed by atoms with Crippen molar-refractivity contribution in [1.29, 1.82) is 0 Å². The van der Waals surface area contributed by atoms with E-state index in [0.29, 0.717) is 23.7 Å². The number of rotatable bonds is 10. The molecular formula is C30H32N4O3. The lowest BCUT2D eigenvalue weighted by molar-refractivity contribution is -0.117. The first-order chi connectivity index (χ1) is 18.0. The molecule has 3 aromatic carbocycles. The molecule has 1 heterocycles. The monoisotopic (exact) mass is 496 g/mol. The predicted octanol–water partition coefficient (Wildman–Crippen LogP) is 5.74. The standard InChI is InChI=1S/C30H32N4O3/c1-4-5-19-33(30(36)25-13-9-10-14-27(25)37-3)21-29(35)31-28-20-26(23-11-7-6-8-12-23)32-34(28)24-17-15-22(2)16-18-24/h6-18,20H,4-5,19,21H2,1-3H3,(H,31,35). The second kappa shape index (κ2) is 12.0. The fourth-order valence-corrected chi connectivity index (χ4v) is 4.05. The van der Waals surface area contributed by atoms with Crippen LogP contribution >= 0.6 is 0 Å². The molecular weight excluding hydrogens is 464 g/mol. The minimum absolute atomic E-state index is 0.0867. The van der Waals surface area contributed by atoms with Gasteiger partial charge in [-0.3, -0.25) is 9.59 Å². The van der Waals surface area contributed by atoms with E-state index in [-0.39, 0.29) is 18.4 Å². The van der Waals surface area contributed by atoms with Crippen LogP contribution < -0.4 is 10.1 Å². The highest BCUT2D eigenvalue weighted by Crippen LogP contribution is 2.25. The molecule has 0 saturated carbocycles. The quantitative estimate of drug-likeness (QED) is 0.304. The highest BCUT2D eigenvalue weighted by atomic mass is 16.5. The number of amides is 2. The SMILES string of the molecule is CCCCN(CC(=O)Nc1cc(-c2ccccc2)nn1-c1ccc(C)cc1)C(=O)c1ccccc1OC. The summed E-state index contributed by atoms with van der Waals surface area (Å²) in [5.41, 5.74) is 4.08. The molecule has 0 aliphatic heterocycles. The summed E-state index contributed by atoms with van der Waals surface area (Å²) in [6, 6.07) is 26.7. The summed E-state index contributed by atoms with van der Waals surface area (Å²) in [5, 5.41) is 7.76. The normalized spacial score (nSPS) is 10.7. The summed E-state index contributed by atoms with van der Waals surface area (Å²) in [6.45, 7) is 4.45. The van der Waals surface area contributed by atoms with Crippen molar-refractivity contribution in [3.05, 3.63) is 96.1 Å². The van der Waals surface area contributed by atoms with Crippen molar-refractivity contribution in [1.82, 2.24) is 14.7 Å². The Labute approximate surface area is 217 Å². The van der Waals surface area contributed by atoms with Gasteiger partial charge in [0.2, 0.25) is 5.91 Å². The van der Waals surface area contributed by atoms with Crippen LogP contribution in [0.5, 0.6) is 5.75 Å². The number of nitrogens with one attached hydrogen (secondary N) is 1. The summed E-state index contributed by atoms with van der Waals surface area (Å²) in [4.78, 5) is 28.2. The maximum atomic E-state index is 13.4. The minimum Gasteiger partial charge on any atom is -0.496 e. The largest absolute Gasteiger partial charge is 0.496 e. The Hall–Kier alpha value is -4.39. The number of aromatic nitrogens is 2. The van der Waals surface area contributed by atoms with Gasteiger partial charge in [-0.2, -0.15) is 5.10 Å². The summed E-state index contributed by atoms with van der Waals surface area (Å²) < 4.78 is 7.10. The average molecular weight is 497 g/mol. The molecule has 4 aromatic rings. The van der Waals surface area contributed by atoms with Gasteiger partial charge in [0.15, 0.2) is 0 Å². The van der Waals surface area contributed by atoms with E-state index in [1.54, 1.807) is 27.8 Å². The number of unbranched alkanes of at least 4 members (excludes halogenated alkanes) is 1. The summed E-state index contributed by atoms with van der Waals surface area (Å²) in [7, 11) is 1.53. The number of carbonyl (C=O) groups excluding carboxylic acids is 2. The van der Waals surface area contributed by atoms with Gasteiger partial charge in [0, 0.05) is 18.2 Å². The lowest BCUT2D eigenvalue weighted by atomic mass is 10.1. The van der Waals surface area contributed by atoms with Gasteiger partial charge in [0.25, 0.3) is 5.91 Å². The topological polar surface area (TPSA) is 76.5 Å². The molecule has 0 bridgehead atoms. The number of anilines is 1. The number of hydrogen-bond acceptors (Lipinski definition) is 4. The first kappa shape index (κ1) is 25.7. The smallest absolute Gasteiger partial charge is 0.258 e. The van der Waals surface area contributed by atoms with Crippen LogP contribution in [0.1, 0.15) is 35.7 Å². The number of nitrogens with zero attached hydrogens (tertiary/aromatic N) is 3. The molecule has 1 N–H and O–H groups in total. The van der Waals surface area contributed by atoms with Gasteiger partial charge in [0.1, 0.15) is 18.1 Å². The molecule has 37 heavy (non-hydrogen) atoms. The zero-order valence-corrected chi connectivity index (χ0v) is 21.5. The third-order valence-corrected chi connectivity index (χ3v) is 6.07. The molecule has 0 atom stereocenters. The molecule has 0 aliphatic rings. The van der Waals surface area contributed by atoms with Gasteiger partial charge in [-0.25, -0.2) is 4.68 Å². The Morgan fingerprint density at radius 3 is 2.38 bits per heavy atom. The maximum absolute atomic E-state index is 13.4. The van der Waals surface area contributed by atoms with Crippen molar-refractivity contribution in [2.45, 2.75) is 26.7 Å². The first-order valence-corrected chi connectivity index (χ1v) is 12.4. The number of methoxy groups -OCH3 is 1. The van der Waals surface area contributed by atoms with Gasteiger partial charge in [-0.15, -0.1) is 0 Å². The minimum atomic E-state index is -0.299. The molecule has 190 valence electrons. The molecule has 7 heteroatoms. The molecule has 0 fully saturated rings. The van der Waals surface area contributed by atoms with Crippen LogP contribution in [0.25, 0.3) is 16.9 Å². The number of para-hydroxylation sites is 1. The van der Waals surface area contributed by atoms with E-state index in [4.69, 9.17) is 9.84 Å². The van der Waals surface area contributed by atoms with Crippen LogP contribution in [0.4, 0.5) is 5.82 Å². The van der Waals surface area contributed by atoms with E-state index in [9.17, 15) is 9.59 Å². The Morgan fingerprint density at radius 2 is 1.68 bits per heavy atom. The predicted molar refractivity (Wildman–Crippen MR) is 146 cm³/mol. The average Bonchev–Trinajstić information content (AvgIpc) is 3.35. The zero-order chi connectivity index (χ0) is 26.2. The second-order valence-corrected chi connectivity index (χ2v) is 8.86. The number of carbonyl (C=O) groups is 2. The number of aryl methyl sites for hydroxylation is 1. The van der Waals surface area contributed by atoms with Crippen molar-refractivity contribution in [3.8, 4) is 22.7 Å². The second-order valence-electron chi connectivity index (χ2n) is 8.86. The van der Waals surface area contributed by atoms with E-state index in [1.165, 1.54) is 7.11 Å². The number of benzene rings is 3. The van der Waals surface area contributed by atoms with Crippen molar-refractivity contribution in [3.63, 3.8) is 0 Å². The summed E-state index contributed by atoms with van der Waals surface area (Å²) in [5.74, 6) is 0.484. The van der Waals surface area contributed by atoms with E-state index in [0.717, 1.165) is 35.3 Å². The lowest BCUT2D eigenvalue weighted by Gasteiger charge is -2.23. The molecule has 0 saturated heterocycles. The lowest BCUT2D eigenvalue weighted by Crippen LogP contribution is -2.39. The van der Waals surface area contributed by atoms with Crippen LogP contribution in [0.2, 0.25) is 0 Å². The maximum Gasteiger partial charge on any atom is 0.258 e. The third kappa shape index (κ3) is 6.25.